The number of imide groups is 1. The van der Waals surface area contributed by atoms with Crippen molar-refractivity contribution in [3.8, 4) is 0 Å². The molecule has 3 rings (SSSR count). The number of pyridine rings is 1. The van der Waals surface area contributed by atoms with Gasteiger partial charge in [0.15, 0.2) is 6.10 Å². The van der Waals surface area contributed by atoms with Crippen molar-refractivity contribution in [1.82, 2.24) is 15.6 Å². The fraction of sp³-hybridized carbons (Fsp3) is 0.520. The van der Waals surface area contributed by atoms with Gasteiger partial charge in [-0.3, -0.25) is 15.1 Å². The standard InChI is InChI=1S/C25H33N3O4/c1-6-25(4,5)16-12-13-20-18(14-16)21(17-10-8-9-11-19(17)27-20)23(30)32-15(3)22(29)28-24(31)26-7-2/h8-11,15-16H,6-7,12-14H2,1-5H3,(H2,26,28,29,31)/t15-,16-/m1/s1. The predicted octanol–water partition coefficient (Wildman–Crippen LogP) is 4.17. The molecule has 0 fully saturated rings. The van der Waals surface area contributed by atoms with Crippen LogP contribution in [0.25, 0.3) is 10.9 Å². The van der Waals surface area contributed by atoms with Crippen LogP contribution < -0.4 is 10.6 Å². The SMILES string of the molecule is CCNC(=O)NC(=O)[C@@H](C)OC(=O)c1c2c(nc3ccccc13)CC[C@@H](C(C)(C)CC)C2. The van der Waals surface area contributed by atoms with E-state index in [4.69, 9.17) is 9.72 Å². The lowest BCUT2D eigenvalue weighted by Gasteiger charge is -2.37. The molecule has 0 unspecified atom stereocenters. The molecule has 2 N–H and O–H groups in total. The van der Waals surface area contributed by atoms with Crippen molar-refractivity contribution in [3.05, 3.63) is 41.1 Å². The summed E-state index contributed by atoms with van der Waals surface area (Å²) in [7, 11) is 0. The van der Waals surface area contributed by atoms with Crippen LogP contribution in [0.3, 0.4) is 0 Å². The highest BCUT2D eigenvalue weighted by atomic mass is 16.5. The van der Waals surface area contributed by atoms with Crippen LogP contribution in [0.15, 0.2) is 24.3 Å². The van der Waals surface area contributed by atoms with Crippen molar-refractivity contribution < 1.29 is 19.1 Å². The highest BCUT2D eigenvalue weighted by Crippen LogP contribution is 2.41. The number of hydrogen-bond donors (Lipinski definition) is 2. The van der Waals surface area contributed by atoms with Gasteiger partial charge >= 0.3 is 12.0 Å². The zero-order chi connectivity index (χ0) is 23.5. The zero-order valence-electron chi connectivity index (χ0n) is 19.6. The summed E-state index contributed by atoms with van der Waals surface area (Å²) in [6.07, 6.45) is 2.52. The summed E-state index contributed by atoms with van der Waals surface area (Å²) in [6, 6.07) is 6.91. The van der Waals surface area contributed by atoms with Crippen LogP contribution in [0, 0.1) is 11.3 Å². The third-order valence-electron chi connectivity index (χ3n) is 6.71. The van der Waals surface area contributed by atoms with E-state index in [-0.39, 0.29) is 5.41 Å². The van der Waals surface area contributed by atoms with Gasteiger partial charge in [0, 0.05) is 17.6 Å². The summed E-state index contributed by atoms with van der Waals surface area (Å²) in [5, 5.41) is 5.40. The lowest BCUT2D eigenvalue weighted by Crippen LogP contribution is -2.44. The number of aromatic nitrogens is 1. The second-order valence-corrected chi connectivity index (χ2v) is 9.11. The molecule has 7 heteroatoms. The van der Waals surface area contributed by atoms with Crippen molar-refractivity contribution >= 4 is 28.8 Å². The third-order valence-corrected chi connectivity index (χ3v) is 6.71. The molecule has 0 saturated carbocycles. The van der Waals surface area contributed by atoms with Gasteiger partial charge in [-0.2, -0.15) is 0 Å². The van der Waals surface area contributed by atoms with Crippen LogP contribution in [-0.4, -0.2) is 35.5 Å². The van der Waals surface area contributed by atoms with Gasteiger partial charge in [0.25, 0.3) is 5.91 Å². The number of rotatable bonds is 6. The summed E-state index contributed by atoms with van der Waals surface area (Å²) in [5.74, 6) is -0.803. The lowest BCUT2D eigenvalue weighted by atomic mass is 9.68. The molecule has 1 aliphatic rings. The Kier molecular flexibility index (Phi) is 7.16. The van der Waals surface area contributed by atoms with Crippen molar-refractivity contribution in [3.63, 3.8) is 0 Å². The number of ether oxygens (including phenoxy) is 1. The highest BCUT2D eigenvalue weighted by Gasteiger charge is 2.35. The largest absolute Gasteiger partial charge is 0.449 e. The number of aryl methyl sites for hydroxylation is 1. The molecule has 0 saturated heterocycles. The molecule has 1 heterocycles. The number of urea groups is 1. The molecular weight excluding hydrogens is 406 g/mol. The Morgan fingerprint density at radius 2 is 1.94 bits per heavy atom. The summed E-state index contributed by atoms with van der Waals surface area (Å²) in [6.45, 7) is 10.3. The van der Waals surface area contributed by atoms with Crippen LogP contribution in [0.1, 0.15) is 69.1 Å². The number of esters is 1. The minimum absolute atomic E-state index is 0.143. The molecule has 1 aromatic carbocycles. The van der Waals surface area contributed by atoms with Gasteiger partial charge in [-0.25, -0.2) is 9.59 Å². The fourth-order valence-electron chi connectivity index (χ4n) is 4.27. The van der Waals surface area contributed by atoms with E-state index in [0.29, 0.717) is 18.0 Å². The second-order valence-electron chi connectivity index (χ2n) is 9.11. The smallest absolute Gasteiger partial charge is 0.339 e. The number of hydrogen-bond acceptors (Lipinski definition) is 5. The maximum atomic E-state index is 13.4. The number of carbonyl (C=O) groups is 3. The molecule has 0 aliphatic heterocycles. The summed E-state index contributed by atoms with van der Waals surface area (Å²) in [4.78, 5) is 42.1. The van der Waals surface area contributed by atoms with E-state index in [2.05, 4.69) is 31.4 Å². The lowest BCUT2D eigenvalue weighted by molar-refractivity contribution is -0.127. The van der Waals surface area contributed by atoms with Crippen molar-refractivity contribution in [2.24, 2.45) is 11.3 Å². The molecule has 2 aromatic rings. The van der Waals surface area contributed by atoms with Gasteiger partial charge in [0.1, 0.15) is 0 Å². The zero-order valence-corrected chi connectivity index (χ0v) is 19.6. The van der Waals surface area contributed by atoms with Gasteiger partial charge in [0.2, 0.25) is 0 Å². The Bertz CT molecular complexity index is 1030. The van der Waals surface area contributed by atoms with Crippen LogP contribution in [-0.2, 0) is 22.4 Å². The van der Waals surface area contributed by atoms with Crippen LogP contribution in [0.5, 0.6) is 0 Å². The first kappa shape index (κ1) is 23.7. The van der Waals surface area contributed by atoms with Crippen molar-refractivity contribution in [1.29, 1.82) is 0 Å². The van der Waals surface area contributed by atoms with Crippen LogP contribution in [0.4, 0.5) is 4.79 Å². The quantitative estimate of drug-likeness (QED) is 0.659. The van der Waals surface area contributed by atoms with Gasteiger partial charge in [0.05, 0.1) is 11.1 Å². The van der Waals surface area contributed by atoms with Gasteiger partial charge < -0.3 is 10.1 Å². The number of carbonyl (C=O) groups excluding carboxylic acids is 3. The number of nitrogens with zero attached hydrogens (tertiary/aromatic N) is 1. The maximum absolute atomic E-state index is 13.4. The average Bonchev–Trinajstić information content (AvgIpc) is 2.76. The van der Waals surface area contributed by atoms with E-state index < -0.39 is 24.0 Å². The van der Waals surface area contributed by atoms with E-state index in [1.165, 1.54) is 6.92 Å². The van der Waals surface area contributed by atoms with Crippen LogP contribution >= 0.6 is 0 Å². The number of benzene rings is 1. The molecule has 0 bridgehead atoms. The van der Waals surface area contributed by atoms with Gasteiger partial charge in [-0.15, -0.1) is 0 Å². The normalized spacial score (nSPS) is 16.7. The van der Waals surface area contributed by atoms with E-state index >= 15 is 0 Å². The monoisotopic (exact) mass is 439 g/mol. The van der Waals surface area contributed by atoms with E-state index in [1.54, 1.807) is 6.92 Å². The number of fused-ring (bicyclic) bond motifs is 2. The Balaban J connectivity index is 1.94. The first-order valence-electron chi connectivity index (χ1n) is 11.4. The van der Waals surface area contributed by atoms with Crippen LogP contribution in [0.2, 0.25) is 0 Å². The second kappa shape index (κ2) is 9.67. The molecule has 0 spiro atoms. The Hall–Kier alpha value is -2.96. The van der Waals surface area contributed by atoms with Crippen molar-refractivity contribution in [2.75, 3.05) is 6.54 Å². The molecule has 7 nitrogen and oxygen atoms in total. The highest BCUT2D eigenvalue weighted by molar-refractivity contribution is 6.06. The summed E-state index contributed by atoms with van der Waals surface area (Å²) in [5.41, 5.74) is 3.22. The Labute approximate surface area is 189 Å². The molecule has 0 radical (unpaired) electrons. The molecule has 2 atom stereocenters. The predicted molar refractivity (Wildman–Crippen MR) is 123 cm³/mol. The molecular formula is C25H33N3O4. The summed E-state index contributed by atoms with van der Waals surface area (Å²) < 4.78 is 5.54. The third kappa shape index (κ3) is 4.92. The molecule has 172 valence electrons. The first-order chi connectivity index (χ1) is 15.2. The Morgan fingerprint density at radius 1 is 1.22 bits per heavy atom. The van der Waals surface area contributed by atoms with Gasteiger partial charge in [-0.1, -0.05) is 45.4 Å². The molecule has 32 heavy (non-hydrogen) atoms. The Morgan fingerprint density at radius 3 is 2.62 bits per heavy atom. The summed E-state index contributed by atoms with van der Waals surface area (Å²) >= 11 is 0. The first-order valence-corrected chi connectivity index (χ1v) is 11.4. The minimum atomic E-state index is -1.11. The van der Waals surface area contributed by atoms with E-state index in [0.717, 1.165) is 47.8 Å². The average molecular weight is 440 g/mol. The molecule has 3 amide bonds. The topological polar surface area (TPSA) is 97.4 Å². The number of amides is 3. The van der Waals surface area contributed by atoms with E-state index in [1.807, 2.05) is 24.3 Å². The molecule has 1 aliphatic carbocycles. The van der Waals surface area contributed by atoms with Crippen molar-refractivity contribution in [2.45, 2.75) is 66.4 Å². The van der Waals surface area contributed by atoms with E-state index in [9.17, 15) is 14.4 Å². The number of nitrogens with one attached hydrogen (secondary N) is 2. The number of para-hydroxylation sites is 1. The fourth-order valence-corrected chi connectivity index (χ4v) is 4.27. The van der Waals surface area contributed by atoms with Gasteiger partial charge in [-0.05, 0) is 56.1 Å². The molecule has 1 aromatic heterocycles. The minimum Gasteiger partial charge on any atom is -0.449 e. The maximum Gasteiger partial charge on any atom is 0.339 e.